The summed E-state index contributed by atoms with van der Waals surface area (Å²) in [6.07, 6.45) is 6.13. The van der Waals surface area contributed by atoms with Gasteiger partial charge < -0.3 is 35.0 Å². The van der Waals surface area contributed by atoms with Crippen molar-refractivity contribution in [1.29, 1.82) is 0 Å². The molecule has 7 aliphatic rings. The van der Waals surface area contributed by atoms with E-state index in [2.05, 4.69) is 31.7 Å². The Kier molecular flexibility index (Phi) is 7.47. The van der Waals surface area contributed by atoms with Crippen LogP contribution in [0.2, 0.25) is 0 Å². The van der Waals surface area contributed by atoms with E-state index < -0.39 is 37.3 Å². The maximum atomic E-state index is 11.1. The molecule has 3 saturated heterocycles. The van der Waals surface area contributed by atoms with E-state index in [4.69, 9.17) is 9.47 Å². The summed E-state index contributed by atoms with van der Waals surface area (Å²) < 4.78 is 11.9. The molecule has 8 heteroatoms. The van der Waals surface area contributed by atoms with Crippen LogP contribution in [0.4, 0.5) is 0 Å². The van der Waals surface area contributed by atoms with Crippen LogP contribution in [0.15, 0.2) is 11.6 Å². The molecule has 41 heavy (non-hydrogen) atoms. The molecule has 16 atom stereocenters. The Labute approximate surface area is 245 Å². The number of hydrogen-bond donors (Lipinski definition) is 5. The fourth-order valence-electron chi connectivity index (χ4n) is 11.9. The van der Waals surface area contributed by atoms with E-state index >= 15 is 0 Å². The van der Waals surface area contributed by atoms with Crippen molar-refractivity contribution in [1.82, 2.24) is 4.90 Å². The molecule has 8 nitrogen and oxygen atoms in total. The summed E-state index contributed by atoms with van der Waals surface area (Å²) in [4.78, 5) is 2.89. The van der Waals surface area contributed by atoms with E-state index in [9.17, 15) is 25.5 Å². The number of rotatable bonds is 4. The van der Waals surface area contributed by atoms with E-state index in [0.29, 0.717) is 48.3 Å². The topological polar surface area (TPSA) is 123 Å². The summed E-state index contributed by atoms with van der Waals surface area (Å²) in [5.41, 5.74) is 1.63. The molecule has 0 unspecified atom stereocenters. The van der Waals surface area contributed by atoms with Crippen molar-refractivity contribution in [3.05, 3.63) is 11.6 Å². The second kappa shape index (κ2) is 10.5. The van der Waals surface area contributed by atoms with E-state index in [1.165, 1.54) is 37.8 Å². The fourth-order valence-corrected chi connectivity index (χ4v) is 11.9. The summed E-state index contributed by atoms with van der Waals surface area (Å²) >= 11 is 0. The monoisotopic (exact) mass is 575 g/mol. The summed E-state index contributed by atoms with van der Waals surface area (Å²) in [6.45, 7) is 8.50. The molecule has 0 radical (unpaired) electrons. The van der Waals surface area contributed by atoms with Crippen LogP contribution in [-0.4, -0.2) is 99.1 Å². The SMILES string of the molecule is C[C@@H]1CC[C@@H]2[C@H](C)[C@H]3[C@H](C[C@H]4[C@@H]5CC=C6C[C@@H](O[C@@H]7O[C@H](CO)[C@@H](O)[C@H](O)[C@H]7O)CC[C@]6(C)[C@H]5CC[C@@]34CO)N2C1. The van der Waals surface area contributed by atoms with Crippen molar-refractivity contribution in [2.45, 2.75) is 127 Å². The molecule has 0 spiro atoms. The molecular weight excluding hydrogens is 522 g/mol. The second-order valence-electron chi connectivity index (χ2n) is 15.5. The van der Waals surface area contributed by atoms with Gasteiger partial charge in [-0.3, -0.25) is 4.90 Å². The Balaban J connectivity index is 1.09. The molecule has 0 aromatic rings. The molecule has 0 bridgehead atoms. The summed E-state index contributed by atoms with van der Waals surface area (Å²) in [7, 11) is 0. The lowest BCUT2D eigenvalue weighted by Gasteiger charge is -2.59. The first-order valence-corrected chi connectivity index (χ1v) is 16.6. The number of aliphatic hydroxyl groups is 5. The minimum absolute atomic E-state index is 0.0664. The third kappa shape index (κ3) is 4.22. The van der Waals surface area contributed by atoms with Crippen molar-refractivity contribution in [2.75, 3.05) is 19.8 Å². The van der Waals surface area contributed by atoms with Crippen LogP contribution < -0.4 is 0 Å². The molecule has 0 aromatic carbocycles. The largest absolute Gasteiger partial charge is 0.396 e. The van der Waals surface area contributed by atoms with Crippen molar-refractivity contribution in [3.8, 4) is 0 Å². The van der Waals surface area contributed by atoms with Crippen LogP contribution >= 0.6 is 0 Å². The molecule has 3 saturated carbocycles. The van der Waals surface area contributed by atoms with Gasteiger partial charge in [-0.15, -0.1) is 0 Å². The van der Waals surface area contributed by atoms with Gasteiger partial charge in [0.2, 0.25) is 0 Å². The highest BCUT2D eigenvalue weighted by atomic mass is 16.7. The normalized spacial score (nSPS) is 56.7. The molecule has 5 N–H and O–H groups in total. The van der Waals surface area contributed by atoms with Gasteiger partial charge >= 0.3 is 0 Å². The lowest BCUT2D eigenvalue weighted by Crippen LogP contribution is -2.60. The molecular formula is C33H53NO7. The summed E-state index contributed by atoms with van der Waals surface area (Å²) in [5.74, 6) is 3.88. The van der Waals surface area contributed by atoms with E-state index in [1.807, 2.05) is 0 Å². The maximum Gasteiger partial charge on any atom is 0.186 e. The molecule has 0 amide bonds. The fraction of sp³-hybridized carbons (Fsp3) is 0.939. The average Bonchev–Trinajstić information content (AvgIpc) is 3.46. The highest BCUT2D eigenvalue weighted by Gasteiger charge is 2.68. The molecule has 6 fully saturated rings. The van der Waals surface area contributed by atoms with Crippen LogP contribution in [0.3, 0.4) is 0 Å². The summed E-state index contributed by atoms with van der Waals surface area (Å²) in [5, 5.41) is 51.6. The van der Waals surface area contributed by atoms with Gasteiger partial charge in [0.25, 0.3) is 0 Å². The van der Waals surface area contributed by atoms with E-state index in [-0.39, 0.29) is 16.9 Å². The Morgan fingerprint density at radius 1 is 0.976 bits per heavy atom. The first kappa shape index (κ1) is 29.1. The molecule has 232 valence electrons. The first-order chi connectivity index (χ1) is 19.6. The smallest absolute Gasteiger partial charge is 0.186 e. The van der Waals surface area contributed by atoms with Crippen LogP contribution in [-0.2, 0) is 9.47 Å². The Morgan fingerprint density at radius 3 is 2.54 bits per heavy atom. The first-order valence-electron chi connectivity index (χ1n) is 16.6. The standard InChI is InChI=1S/C33H53NO7/c1-17-4-7-24-18(2)27-25(34(24)14-17)13-23-21-6-5-19-12-20(40-31-30(39)29(38)28(37)26(15-35)41-31)8-10-32(19,3)22(21)9-11-33(23,27)16-36/h5,17-18,20-31,35-39H,4,6-16H2,1-3H3/t17-,18+,20+,21-,22+,23+,24-,25+,26-,27+,28-,29+,30-,31-,32+,33+/m1/s1. The van der Waals surface area contributed by atoms with Crippen LogP contribution in [0.1, 0.15) is 78.6 Å². The van der Waals surface area contributed by atoms with Gasteiger partial charge in [-0.2, -0.15) is 0 Å². The van der Waals surface area contributed by atoms with E-state index in [1.54, 1.807) is 0 Å². The third-order valence-electron chi connectivity index (χ3n) is 13.9. The zero-order valence-corrected chi connectivity index (χ0v) is 25.1. The lowest BCUT2D eigenvalue weighted by atomic mass is 9.46. The van der Waals surface area contributed by atoms with Crippen molar-refractivity contribution in [2.24, 2.45) is 46.3 Å². The van der Waals surface area contributed by atoms with Crippen LogP contribution in [0.25, 0.3) is 0 Å². The molecule has 7 rings (SSSR count). The number of nitrogens with zero attached hydrogens (tertiary/aromatic N) is 1. The molecule has 3 aliphatic heterocycles. The molecule has 0 aromatic heterocycles. The third-order valence-corrected chi connectivity index (χ3v) is 13.9. The quantitative estimate of drug-likeness (QED) is 0.324. The number of hydrogen-bond acceptors (Lipinski definition) is 8. The number of fused-ring (bicyclic) bond motifs is 9. The highest BCUT2D eigenvalue weighted by Crippen LogP contribution is 2.70. The minimum atomic E-state index is -1.42. The average molecular weight is 576 g/mol. The number of allylic oxidation sites excluding steroid dienone is 1. The number of piperidine rings is 1. The maximum absolute atomic E-state index is 11.1. The predicted octanol–water partition coefficient (Wildman–Crippen LogP) is 2.45. The van der Waals surface area contributed by atoms with Gasteiger partial charge in [0, 0.05) is 30.7 Å². The second-order valence-corrected chi connectivity index (χ2v) is 15.5. The van der Waals surface area contributed by atoms with Gasteiger partial charge in [0.05, 0.1) is 12.7 Å². The zero-order chi connectivity index (χ0) is 28.8. The molecule has 3 heterocycles. The van der Waals surface area contributed by atoms with Crippen molar-refractivity contribution in [3.63, 3.8) is 0 Å². The lowest BCUT2D eigenvalue weighted by molar-refractivity contribution is -0.313. The van der Waals surface area contributed by atoms with Gasteiger partial charge in [-0.25, -0.2) is 0 Å². The van der Waals surface area contributed by atoms with Gasteiger partial charge in [0.1, 0.15) is 24.4 Å². The summed E-state index contributed by atoms with van der Waals surface area (Å²) in [6, 6.07) is 1.34. The predicted molar refractivity (Wildman–Crippen MR) is 152 cm³/mol. The van der Waals surface area contributed by atoms with Crippen molar-refractivity contribution >= 4 is 0 Å². The van der Waals surface area contributed by atoms with E-state index in [0.717, 1.165) is 38.0 Å². The number of ether oxygens (including phenoxy) is 2. The van der Waals surface area contributed by atoms with Crippen molar-refractivity contribution < 1.29 is 35.0 Å². The van der Waals surface area contributed by atoms with Crippen LogP contribution in [0.5, 0.6) is 0 Å². The van der Waals surface area contributed by atoms with Gasteiger partial charge in [-0.1, -0.05) is 32.4 Å². The number of aliphatic hydroxyl groups excluding tert-OH is 5. The van der Waals surface area contributed by atoms with Gasteiger partial charge in [0.15, 0.2) is 6.29 Å². The highest BCUT2D eigenvalue weighted by molar-refractivity contribution is 5.27. The Bertz CT molecular complexity index is 1020. The molecule has 4 aliphatic carbocycles. The zero-order valence-electron chi connectivity index (χ0n) is 25.1. The Hall–Kier alpha value is -0.580. The van der Waals surface area contributed by atoms with Crippen LogP contribution in [0, 0.1) is 46.3 Å². The minimum Gasteiger partial charge on any atom is -0.396 e. The van der Waals surface area contributed by atoms with Gasteiger partial charge in [-0.05, 0) is 98.7 Å². The Morgan fingerprint density at radius 2 is 1.78 bits per heavy atom.